The van der Waals surface area contributed by atoms with Gasteiger partial charge in [-0.25, -0.2) is 0 Å². The number of alkyl halides is 1. The number of halogens is 1. The Balaban J connectivity index is 0.00000113. The van der Waals surface area contributed by atoms with E-state index in [1.807, 2.05) is 19.9 Å². The van der Waals surface area contributed by atoms with Crippen LogP contribution < -0.4 is 16.6 Å². The summed E-state index contributed by atoms with van der Waals surface area (Å²) in [6, 6.07) is 2.62. The number of carbonyl (C=O) groups excluding carboxylic acids is 2. The molecule has 1 aromatic heterocycles. The van der Waals surface area contributed by atoms with Crippen molar-refractivity contribution in [3.8, 4) is 0 Å². The minimum Gasteiger partial charge on any atom is -0.480 e. The van der Waals surface area contributed by atoms with Gasteiger partial charge in [0.1, 0.15) is 12.3 Å². The van der Waals surface area contributed by atoms with Crippen molar-refractivity contribution in [2.24, 2.45) is 23.5 Å². The van der Waals surface area contributed by atoms with Crippen LogP contribution in [0.1, 0.15) is 39.5 Å². The fourth-order valence-electron chi connectivity index (χ4n) is 3.88. The molecule has 2 aliphatic rings. The first-order chi connectivity index (χ1) is 14.8. The van der Waals surface area contributed by atoms with Crippen LogP contribution >= 0.6 is 11.6 Å². The molecule has 4 N–H and O–H groups in total. The fraction of sp³-hybridized carbons (Fsp3) is 0.545. The number of carboxylic acids is 1. The Bertz CT molecular complexity index is 850. The number of aromatic nitrogens is 1. The van der Waals surface area contributed by atoms with E-state index in [-0.39, 0.29) is 41.2 Å². The van der Waals surface area contributed by atoms with Gasteiger partial charge in [-0.2, -0.15) is 0 Å². The van der Waals surface area contributed by atoms with Gasteiger partial charge in [0.25, 0.3) is 5.56 Å². The molecule has 2 bridgehead atoms. The van der Waals surface area contributed by atoms with E-state index < -0.39 is 18.1 Å². The highest BCUT2D eigenvalue weighted by atomic mass is 35.5. The van der Waals surface area contributed by atoms with E-state index in [2.05, 4.69) is 17.1 Å². The molecule has 0 saturated heterocycles. The number of Topliss-reactive ketones (excluding diaryl/α,β-unsaturated/α-hetero) is 1. The lowest BCUT2D eigenvalue weighted by molar-refractivity contribution is -0.137. The minimum absolute atomic E-state index is 0.0602. The van der Waals surface area contributed by atoms with Gasteiger partial charge in [0.15, 0.2) is 0 Å². The van der Waals surface area contributed by atoms with Crippen LogP contribution in [0.5, 0.6) is 0 Å². The van der Waals surface area contributed by atoms with E-state index in [0.29, 0.717) is 18.5 Å². The molecule has 1 heterocycles. The summed E-state index contributed by atoms with van der Waals surface area (Å²) >= 11 is 6.19. The first kappa shape index (κ1) is 26.6. The Morgan fingerprint density at radius 3 is 2.48 bits per heavy atom. The van der Waals surface area contributed by atoms with Crippen molar-refractivity contribution >= 4 is 34.9 Å². The number of hydrogen-bond acceptors (Lipinski definition) is 5. The molecule has 1 aromatic rings. The summed E-state index contributed by atoms with van der Waals surface area (Å²) in [6.45, 7) is 3.51. The number of aliphatic carboxylic acids is 1. The number of anilines is 1. The van der Waals surface area contributed by atoms with Crippen molar-refractivity contribution < 1.29 is 19.5 Å². The number of allylic oxidation sites excluding steroid dienone is 2. The van der Waals surface area contributed by atoms with Crippen molar-refractivity contribution in [1.29, 1.82) is 0 Å². The number of carbonyl (C=O) groups is 3. The SMILES string of the molecule is CC.CN.O=C(O)Cn1cc(NC(=O)CC2CC3C=CC(Cl)CC(C3)C2=O)ccc1=O. The molecule has 8 nitrogen and oxygen atoms in total. The number of amides is 1. The molecular weight excluding hydrogens is 422 g/mol. The quantitative estimate of drug-likeness (QED) is 0.463. The zero-order valence-electron chi connectivity index (χ0n) is 18.2. The maximum atomic E-state index is 12.7. The number of rotatable bonds is 5. The number of ketones is 1. The molecule has 1 saturated carbocycles. The van der Waals surface area contributed by atoms with Crippen LogP contribution in [0.25, 0.3) is 0 Å². The second-order valence-corrected chi connectivity index (χ2v) is 7.75. The van der Waals surface area contributed by atoms with Crippen molar-refractivity contribution in [2.45, 2.75) is 51.5 Å². The van der Waals surface area contributed by atoms with Gasteiger partial charge in [-0.05, 0) is 38.3 Å². The summed E-state index contributed by atoms with van der Waals surface area (Å²) in [5.74, 6) is -1.61. The predicted molar refractivity (Wildman–Crippen MR) is 121 cm³/mol. The van der Waals surface area contributed by atoms with Crippen LogP contribution in [-0.4, -0.2) is 39.8 Å². The van der Waals surface area contributed by atoms with Crippen molar-refractivity contribution in [2.75, 3.05) is 12.4 Å². The molecule has 4 unspecified atom stereocenters. The monoisotopic (exact) mass is 453 g/mol. The molecule has 0 aliphatic heterocycles. The van der Waals surface area contributed by atoms with Crippen molar-refractivity contribution in [3.05, 3.63) is 40.8 Å². The highest BCUT2D eigenvalue weighted by molar-refractivity contribution is 6.22. The molecule has 172 valence electrons. The molecule has 9 heteroatoms. The lowest BCUT2D eigenvalue weighted by Crippen LogP contribution is -2.35. The van der Waals surface area contributed by atoms with Crippen LogP contribution in [0.4, 0.5) is 5.69 Å². The largest absolute Gasteiger partial charge is 0.480 e. The Kier molecular flexibility index (Phi) is 11.2. The van der Waals surface area contributed by atoms with Crippen LogP contribution in [0.3, 0.4) is 0 Å². The second-order valence-electron chi connectivity index (χ2n) is 7.19. The summed E-state index contributed by atoms with van der Waals surface area (Å²) in [5, 5.41) is 11.3. The lowest BCUT2D eigenvalue weighted by atomic mass is 9.72. The zero-order chi connectivity index (χ0) is 23.6. The minimum atomic E-state index is -1.15. The summed E-state index contributed by atoms with van der Waals surface area (Å²) in [4.78, 5) is 47.5. The molecule has 4 atom stereocenters. The molecular formula is C22H32ClN3O5. The highest BCUT2D eigenvalue weighted by Gasteiger charge is 2.38. The molecule has 0 radical (unpaired) electrons. The summed E-state index contributed by atoms with van der Waals surface area (Å²) in [6.07, 6.45) is 7.36. The summed E-state index contributed by atoms with van der Waals surface area (Å²) in [5.41, 5.74) is 4.35. The Labute approximate surface area is 187 Å². The summed E-state index contributed by atoms with van der Waals surface area (Å²) < 4.78 is 1.00. The van der Waals surface area contributed by atoms with Gasteiger partial charge in [-0.3, -0.25) is 19.2 Å². The number of fused-ring (bicyclic) bond motifs is 2. The number of nitrogens with zero attached hydrogens (tertiary/aromatic N) is 1. The third-order valence-electron chi connectivity index (χ3n) is 5.09. The number of carboxylic acid groups (broad SMARTS) is 1. The summed E-state index contributed by atoms with van der Waals surface area (Å²) in [7, 11) is 1.50. The number of pyridine rings is 1. The van der Waals surface area contributed by atoms with Crippen molar-refractivity contribution in [1.82, 2.24) is 4.57 Å². The maximum Gasteiger partial charge on any atom is 0.323 e. The number of nitrogens with one attached hydrogen (secondary N) is 1. The Morgan fingerprint density at radius 2 is 1.84 bits per heavy atom. The third-order valence-corrected chi connectivity index (χ3v) is 5.41. The van der Waals surface area contributed by atoms with E-state index in [9.17, 15) is 19.2 Å². The Hall–Kier alpha value is -2.45. The van der Waals surface area contributed by atoms with E-state index >= 15 is 0 Å². The standard InChI is InChI=1S/C19H21ClN2O5.C2H6.CH5N/c20-14-2-1-11-5-12(7-14)19(27)13(6-11)8-16(23)21-15-3-4-17(24)22(9-15)10-18(25)26;2*1-2/h1-4,9,11-14H,5-8,10H2,(H,21,23)(H,25,26);1-2H3;2H2,1H3. The molecule has 3 rings (SSSR count). The van der Waals surface area contributed by atoms with Gasteiger partial charge in [-0.15, -0.1) is 11.6 Å². The first-order valence-electron chi connectivity index (χ1n) is 10.5. The fourth-order valence-corrected chi connectivity index (χ4v) is 4.18. The molecule has 0 aromatic carbocycles. The van der Waals surface area contributed by atoms with Gasteiger partial charge in [0.2, 0.25) is 5.91 Å². The highest BCUT2D eigenvalue weighted by Crippen LogP contribution is 2.38. The van der Waals surface area contributed by atoms with E-state index in [1.165, 1.54) is 25.4 Å². The number of nitrogens with two attached hydrogens (primary N) is 1. The van der Waals surface area contributed by atoms with Gasteiger partial charge >= 0.3 is 5.97 Å². The van der Waals surface area contributed by atoms with E-state index in [0.717, 1.165) is 11.0 Å². The average Bonchev–Trinajstić information content (AvgIpc) is 2.90. The lowest BCUT2D eigenvalue weighted by Gasteiger charge is -2.31. The second kappa shape index (κ2) is 13.1. The van der Waals surface area contributed by atoms with E-state index in [1.54, 1.807) is 0 Å². The molecule has 1 amide bonds. The van der Waals surface area contributed by atoms with Gasteiger partial charge < -0.3 is 20.7 Å². The van der Waals surface area contributed by atoms with Crippen LogP contribution in [0.15, 0.2) is 35.3 Å². The van der Waals surface area contributed by atoms with E-state index in [4.69, 9.17) is 16.7 Å². The van der Waals surface area contributed by atoms with Crippen LogP contribution in [0.2, 0.25) is 0 Å². The molecule has 0 spiro atoms. The normalized spacial score (nSPS) is 24.0. The zero-order valence-corrected chi connectivity index (χ0v) is 19.0. The van der Waals surface area contributed by atoms with Gasteiger partial charge in [-0.1, -0.05) is 26.0 Å². The average molecular weight is 454 g/mol. The maximum absolute atomic E-state index is 12.7. The van der Waals surface area contributed by atoms with Gasteiger partial charge in [0, 0.05) is 30.5 Å². The predicted octanol–water partition coefficient (Wildman–Crippen LogP) is 2.64. The molecule has 2 aliphatic carbocycles. The topological polar surface area (TPSA) is 131 Å². The molecule has 1 fully saturated rings. The Morgan fingerprint density at radius 1 is 1.16 bits per heavy atom. The smallest absolute Gasteiger partial charge is 0.323 e. The third kappa shape index (κ3) is 7.95. The van der Waals surface area contributed by atoms with Gasteiger partial charge in [0.05, 0.1) is 11.1 Å². The first-order valence-corrected chi connectivity index (χ1v) is 10.9. The molecule has 31 heavy (non-hydrogen) atoms. The number of hydrogen-bond donors (Lipinski definition) is 3. The van der Waals surface area contributed by atoms with Crippen molar-refractivity contribution in [3.63, 3.8) is 0 Å². The van der Waals surface area contributed by atoms with Crippen LogP contribution in [-0.2, 0) is 20.9 Å². The van der Waals surface area contributed by atoms with Crippen LogP contribution in [0, 0.1) is 17.8 Å².